The van der Waals surface area contributed by atoms with Crippen molar-refractivity contribution >= 4 is 12.2 Å². The maximum atomic E-state index is 11.6. The molecule has 132 valence electrons. The number of alkyl carbamates (subject to hydrolysis) is 1. The second-order valence-electron chi connectivity index (χ2n) is 7.18. The second kappa shape index (κ2) is 7.11. The van der Waals surface area contributed by atoms with E-state index in [1.54, 1.807) is 32.9 Å². The highest BCUT2D eigenvalue weighted by molar-refractivity contribution is 5.68. The van der Waals surface area contributed by atoms with Gasteiger partial charge >= 0.3 is 12.2 Å². The van der Waals surface area contributed by atoms with Crippen molar-refractivity contribution in [1.82, 2.24) is 5.32 Å². The molecular weight excluding hydrogens is 310 g/mol. The molecule has 0 radical (unpaired) electrons. The lowest BCUT2D eigenvalue weighted by molar-refractivity contribution is 0.0206. The molecule has 0 bridgehead atoms. The van der Waals surface area contributed by atoms with Crippen LogP contribution in [0, 0.1) is 0 Å². The van der Waals surface area contributed by atoms with Crippen LogP contribution in [0.2, 0.25) is 0 Å². The third-order valence-electron chi connectivity index (χ3n) is 3.34. The van der Waals surface area contributed by atoms with Gasteiger partial charge in [0.25, 0.3) is 0 Å². The maximum absolute atomic E-state index is 11.6. The van der Waals surface area contributed by atoms with Gasteiger partial charge in [-0.15, -0.1) is 0 Å². The van der Waals surface area contributed by atoms with E-state index in [1.807, 2.05) is 26.0 Å². The largest absolute Gasteiger partial charge is 0.514 e. The number of nitrogens with one attached hydrogen (secondary N) is 1. The number of hydrogen-bond acceptors (Lipinski definition) is 5. The first kappa shape index (κ1) is 18.1. The summed E-state index contributed by atoms with van der Waals surface area (Å²) in [6.45, 7) is 8.96. The van der Waals surface area contributed by atoms with Crippen molar-refractivity contribution in [3.63, 3.8) is 0 Å². The van der Waals surface area contributed by atoms with Gasteiger partial charge in [-0.1, -0.05) is 12.1 Å². The summed E-state index contributed by atoms with van der Waals surface area (Å²) in [5.74, 6) is 0.692. The van der Waals surface area contributed by atoms with Gasteiger partial charge in [0.1, 0.15) is 11.4 Å². The van der Waals surface area contributed by atoms with E-state index in [-0.39, 0.29) is 24.2 Å². The molecule has 1 aliphatic rings. The topological polar surface area (TPSA) is 73.9 Å². The van der Waals surface area contributed by atoms with Gasteiger partial charge < -0.3 is 19.5 Å². The highest BCUT2D eigenvalue weighted by Gasteiger charge is 2.40. The van der Waals surface area contributed by atoms with Crippen LogP contribution in [0.25, 0.3) is 0 Å². The van der Waals surface area contributed by atoms with Crippen molar-refractivity contribution in [2.75, 3.05) is 0 Å². The lowest BCUT2D eigenvalue weighted by Gasteiger charge is -2.18. The number of rotatable bonds is 4. The van der Waals surface area contributed by atoms with Crippen LogP contribution < -0.4 is 10.1 Å². The average molecular weight is 335 g/mol. The quantitative estimate of drug-likeness (QED) is 0.665. The van der Waals surface area contributed by atoms with Crippen LogP contribution in [0.4, 0.5) is 9.59 Å². The molecule has 6 nitrogen and oxygen atoms in total. The predicted octanol–water partition coefficient (Wildman–Crippen LogP) is 3.99. The molecule has 1 saturated carbocycles. The monoisotopic (exact) mass is 335 g/mol. The first-order valence-electron chi connectivity index (χ1n) is 8.12. The number of hydrogen-bond donors (Lipinski definition) is 1. The van der Waals surface area contributed by atoms with Crippen molar-refractivity contribution in [1.29, 1.82) is 0 Å². The number of carbonyl (C=O) groups is 2. The minimum atomic E-state index is -0.724. The summed E-state index contributed by atoms with van der Waals surface area (Å²) in [7, 11) is 0. The molecule has 0 aromatic heterocycles. The first-order valence-corrected chi connectivity index (χ1v) is 8.12. The van der Waals surface area contributed by atoms with Crippen LogP contribution in [0.15, 0.2) is 24.3 Å². The summed E-state index contributed by atoms with van der Waals surface area (Å²) in [5.41, 5.74) is 0.496. The molecule has 0 spiro atoms. The Bertz CT molecular complexity index is 588. The predicted molar refractivity (Wildman–Crippen MR) is 89.2 cm³/mol. The van der Waals surface area contributed by atoms with Gasteiger partial charge in [-0.2, -0.15) is 0 Å². The molecule has 0 saturated heterocycles. The zero-order chi connectivity index (χ0) is 17.9. The van der Waals surface area contributed by atoms with E-state index in [2.05, 4.69) is 5.32 Å². The minimum absolute atomic E-state index is 0.0916. The van der Waals surface area contributed by atoms with Gasteiger partial charge in [0.05, 0.1) is 6.10 Å². The van der Waals surface area contributed by atoms with Gasteiger partial charge in [0.15, 0.2) is 0 Å². The summed E-state index contributed by atoms with van der Waals surface area (Å²) in [6, 6.07) is 7.32. The molecule has 2 rings (SSSR count). The van der Waals surface area contributed by atoms with Crippen LogP contribution in [-0.4, -0.2) is 30.0 Å². The van der Waals surface area contributed by atoms with Crippen molar-refractivity contribution in [3.05, 3.63) is 29.8 Å². The first-order chi connectivity index (χ1) is 11.1. The highest BCUT2D eigenvalue weighted by atomic mass is 16.7. The molecule has 2 unspecified atom stereocenters. The Hall–Kier alpha value is -2.24. The van der Waals surface area contributed by atoms with Crippen LogP contribution in [0.1, 0.15) is 52.5 Å². The van der Waals surface area contributed by atoms with E-state index in [0.717, 1.165) is 12.0 Å². The van der Waals surface area contributed by atoms with Gasteiger partial charge in [-0.3, -0.25) is 0 Å². The average Bonchev–Trinajstić information content (AvgIpc) is 3.15. The Morgan fingerprint density at radius 2 is 1.79 bits per heavy atom. The van der Waals surface area contributed by atoms with Crippen LogP contribution in [-0.2, 0) is 9.47 Å². The summed E-state index contributed by atoms with van der Waals surface area (Å²) >= 11 is 0. The molecule has 24 heavy (non-hydrogen) atoms. The fourth-order valence-corrected chi connectivity index (χ4v) is 2.27. The molecule has 1 aliphatic carbocycles. The summed E-state index contributed by atoms with van der Waals surface area (Å²) in [4.78, 5) is 23.2. The molecule has 0 heterocycles. The lowest BCUT2D eigenvalue weighted by atomic mass is 10.1. The molecule has 1 aromatic carbocycles. The number of benzene rings is 1. The Balaban J connectivity index is 1.83. The molecule has 2 atom stereocenters. The van der Waals surface area contributed by atoms with Crippen LogP contribution in [0.5, 0.6) is 5.75 Å². The van der Waals surface area contributed by atoms with Gasteiger partial charge in [-0.25, -0.2) is 9.59 Å². The van der Waals surface area contributed by atoms with Crippen LogP contribution >= 0.6 is 0 Å². The Morgan fingerprint density at radius 3 is 2.33 bits per heavy atom. The molecule has 1 fully saturated rings. The molecule has 1 N–H and O–H groups in total. The van der Waals surface area contributed by atoms with Gasteiger partial charge in [0, 0.05) is 12.0 Å². The summed E-state index contributed by atoms with van der Waals surface area (Å²) in [5, 5.41) is 2.84. The van der Waals surface area contributed by atoms with Crippen molar-refractivity contribution < 1.29 is 23.8 Å². The van der Waals surface area contributed by atoms with Crippen molar-refractivity contribution in [2.24, 2.45) is 0 Å². The van der Waals surface area contributed by atoms with E-state index < -0.39 is 11.8 Å². The Kier molecular flexibility index (Phi) is 5.36. The lowest BCUT2D eigenvalue weighted by Crippen LogP contribution is -2.29. The third-order valence-corrected chi connectivity index (χ3v) is 3.34. The fourth-order valence-electron chi connectivity index (χ4n) is 2.27. The molecular formula is C18H25NO5. The Morgan fingerprint density at radius 1 is 1.17 bits per heavy atom. The SMILES string of the molecule is CC(C)OC(=O)NC1CC1c1ccc(OC(=O)OC(C)(C)C)cc1. The molecule has 6 heteroatoms. The van der Waals surface area contributed by atoms with Gasteiger partial charge in [0.2, 0.25) is 0 Å². The highest BCUT2D eigenvalue weighted by Crippen LogP contribution is 2.41. The fraction of sp³-hybridized carbons (Fsp3) is 0.556. The number of amides is 1. The zero-order valence-electron chi connectivity index (χ0n) is 14.8. The standard InChI is InChI=1S/C18H25NO5/c1-11(2)22-16(20)19-15-10-14(15)12-6-8-13(9-7-12)23-17(21)24-18(3,4)5/h6-9,11,14-15H,10H2,1-5H3,(H,19,20). The minimum Gasteiger partial charge on any atom is -0.447 e. The molecule has 0 aliphatic heterocycles. The normalized spacial score (nSPS) is 19.6. The molecule has 1 aromatic rings. The van der Waals surface area contributed by atoms with Crippen molar-refractivity contribution in [3.8, 4) is 5.75 Å². The number of carbonyl (C=O) groups excluding carboxylic acids is 2. The third kappa shape index (κ3) is 5.76. The number of ether oxygens (including phenoxy) is 3. The smallest absolute Gasteiger partial charge is 0.447 e. The van der Waals surface area contributed by atoms with E-state index >= 15 is 0 Å². The summed E-state index contributed by atoms with van der Waals surface area (Å²) < 4.78 is 15.3. The van der Waals surface area contributed by atoms with E-state index in [4.69, 9.17) is 14.2 Å². The van der Waals surface area contributed by atoms with E-state index in [0.29, 0.717) is 5.75 Å². The van der Waals surface area contributed by atoms with Gasteiger partial charge in [-0.05, 0) is 58.7 Å². The summed E-state index contributed by atoms with van der Waals surface area (Å²) in [6.07, 6.45) is -0.370. The van der Waals surface area contributed by atoms with E-state index in [1.165, 1.54) is 0 Å². The van der Waals surface area contributed by atoms with E-state index in [9.17, 15) is 9.59 Å². The zero-order valence-corrected chi connectivity index (χ0v) is 14.8. The second-order valence-corrected chi connectivity index (χ2v) is 7.18. The molecule has 1 amide bonds. The Labute approximate surface area is 142 Å². The maximum Gasteiger partial charge on any atom is 0.514 e. The van der Waals surface area contributed by atoms with Crippen molar-refractivity contribution in [2.45, 2.75) is 64.7 Å². The van der Waals surface area contributed by atoms with Crippen LogP contribution in [0.3, 0.4) is 0 Å².